The highest BCUT2D eigenvalue weighted by Gasteiger charge is 2.41. The van der Waals surface area contributed by atoms with Crippen molar-refractivity contribution in [2.24, 2.45) is 11.8 Å². The molecule has 0 saturated heterocycles. The Balaban J connectivity index is 2.04. The first kappa shape index (κ1) is 12.9. The molecule has 0 heterocycles. The molecule has 0 aliphatic heterocycles. The van der Waals surface area contributed by atoms with E-state index in [1.165, 1.54) is 0 Å². The van der Waals surface area contributed by atoms with Crippen LogP contribution in [0.15, 0.2) is 24.3 Å². The maximum atomic E-state index is 12.3. The molecular weight excluding hydrogens is 224 g/mol. The molecule has 0 spiro atoms. The highest BCUT2D eigenvalue weighted by Crippen LogP contribution is 2.39. The van der Waals surface area contributed by atoms with Gasteiger partial charge in [-0.25, -0.2) is 0 Å². The number of carbonyl (C=O) groups excluding carboxylic acids is 1. The van der Waals surface area contributed by atoms with E-state index in [-0.39, 0.29) is 5.92 Å². The van der Waals surface area contributed by atoms with Crippen LogP contribution in [0.3, 0.4) is 0 Å². The summed E-state index contributed by atoms with van der Waals surface area (Å²) in [6.45, 7) is 5.76. The van der Waals surface area contributed by atoms with Crippen molar-refractivity contribution in [2.45, 2.75) is 33.2 Å². The smallest absolute Gasteiger partial charge is 0.226 e. The highest BCUT2D eigenvalue weighted by atomic mass is 16.2. The zero-order valence-corrected chi connectivity index (χ0v) is 11.2. The van der Waals surface area contributed by atoms with Gasteiger partial charge in [0.15, 0.2) is 0 Å². The number of hydrogen-bond acceptors (Lipinski definition) is 2. The second-order valence-corrected chi connectivity index (χ2v) is 5.32. The fourth-order valence-electron chi connectivity index (χ4n) is 2.35. The van der Waals surface area contributed by atoms with Crippen molar-refractivity contribution in [1.29, 1.82) is 0 Å². The Bertz CT molecular complexity index is 430. The van der Waals surface area contributed by atoms with Crippen LogP contribution in [0.1, 0.15) is 32.3 Å². The molecule has 18 heavy (non-hydrogen) atoms. The van der Waals surface area contributed by atoms with Gasteiger partial charge in [0, 0.05) is 24.7 Å². The van der Waals surface area contributed by atoms with E-state index in [2.05, 4.69) is 13.8 Å². The zero-order valence-electron chi connectivity index (χ0n) is 11.2. The number of nitrogens with zero attached hydrogens (tertiary/aromatic N) is 1. The van der Waals surface area contributed by atoms with Crippen LogP contribution in [0.4, 0.5) is 5.69 Å². The molecule has 1 amide bonds. The van der Waals surface area contributed by atoms with Gasteiger partial charge in [-0.15, -0.1) is 0 Å². The second-order valence-electron chi connectivity index (χ2n) is 5.32. The van der Waals surface area contributed by atoms with Crippen molar-refractivity contribution in [2.75, 3.05) is 12.3 Å². The largest absolute Gasteiger partial charge is 0.399 e. The van der Waals surface area contributed by atoms with Crippen LogP contribution in [0.25, 0.3) is 0 Å². The third kappa shape index (κ3) is 3.03. The summed E-state index contributed by atoms with van der Waals surface area (Å²) < 4.78 is 0. The third-order valence-corrected chi connectivity index (χ3v) is 3.56. The average molecular weight is 246 g/mol. The molecule has 2 atom stereocenters. The van der Waals surface area contributed by atoms with Gasteiger partial charge in [0.05, 0.1) is 0 Å². The van der Waals surface area contributed by atoms with Crippen molar-refractivity contribution < 1.29 is 4.79 Å². The molecule has 0 radical (unpaired) electrons. The summed E-state index contributed by atoms with van der Waals surface area (Å²) in [6, 6.07) is 7.80. The Morgan fingerprint density at radius 2 is 2.22 bits per heavy atom. The van der Waals surface area contributed by atoms with Crippen LogP contribution < -0.4 is 5.73 Å². The summed E-state index contributed by atoms with van der Waals surface area (Å²) in [5.74, 6) is 1.14. The number of anilines is 1. The fraction of sp³-hybridized carbons (Fsp3) is 0.533. The monoisotopic (exact) mass is 246 g/mol. The van der Waals surface area contributed by atoms with Gasteiger partial charge < -0.3 is 10.6 Å². The Morgan fingerprint density at radius 1 is 1.50 bits per heavy atom. The summed E-state index contributed by atoms with van der Waals surface area (Å²) in [7, 11) is 0. The number of benzene rings is 1. The average Bonchev–Trinajstić information content (AvgIpc) is 3.05. The van der Waals surface area contributed by atoms with E-state index in [0.717, 1.165) is 30.6 Å². The van der Waals surface area contributed by atoms with E-state index in [1.807, 2.05) is 29.2 Å². The van der Waals surface area contributed by atoms with Crippen molar-refractivity contribution >= 4 is 11.6 Å². The minimum Gasteiger partial charge on any atom is -0.399 e. The number of amides is 1. The van der Waals surface area contributed by atoms with Crippen molar-refractivity contribution in [1.82, 2.24) is 4.90 Å². The molecule has 1 aromatic carbocycles. The van der Waals surface area contributed by atoms with Crippen LogP contribution in [-0.2, 0) is 11.3 Å². The molecular formula is C15H22N2O. The van der Waals surface area contributed by atoms with Gasteiger partial charge in [0.1, 0.15) is 0 Å². The Morgan fingerprint density at radius 3 is 2.78 bits per heavy atom. The van der Waals surface area contributed by atoms with Crippen molar-refractivity contribution in [3.8, 4) is 0 Å². The number of rotatable bonds is 5. The zero-order chi connectivity index (χ0) is 13.1. The SMILES string of the molecule is CCCN(Cc1cccc(N)c1)C(=O)C1CC1C. The number of carbonyl (C=O) groups is 1. The predicted molar refractivity (Wildman–Crippen MR) is 73.8 cm³/mol. The van der Waals surface area contributed by atoms with Gasteiger partial charge in [0.25, 0.3) is 0 Å². The lowest BCUT2D eigenvalue weighted by Gasteiger charge is -2.22. The number of hydrogen-bond donors (Lipinski definition) is 1. The molecule has 2 rings (SSSR count). The van der Waals surface area contributed by atoms with Gasteiger partial charge in [-0.3, -0.25) is 4.79 Å². The van der Waals surface area contributed by atoms with Crippen LogP contribution in [0, 0.1) is 11.8 Å². The summed E-state index contributed by atoms with van der Waals surface area (Å²) in [5.41, 5.74) is 7.65. The second kappa shape index (κ2) is 5.42. The molecule has 0 bridgehead atoms. The molecule has 1 aromatic rings. The van der Waals surface area contributed by atoms with E-state index in [9.17, 15) is 4.79 Å². The third-order valence-electron chi connectivity index (χ3n) is 3.56. The van der Waals surface area contributed by atoms with E-state index in [4.69, 9.17) is 5.73 Å². The van der Waals surface area contributed by atoms with E-state index >= 15 is 0 Å². The standard InChI is InChI=1S/C15H22N2O/c1-3-7-17(15(18)14-8-11(14)2)10-12-5-4-6-13(16)9-12/h4-6,9,11,14H,3,7-8,10,16H2,1-2H3. The van der Waals surface area contributed by atoms with Gasteiger partial charge in [-0.1, -0.05) is 26.0 Å². The maximum absolute atomic E-state index is 12.3. The minimum atomic E-state index is 0.262. The summed E-state index contributed by atoms with van der Waals surface area (Å²) >= 11 is 0. The van der Waals surface area contributed by atoms with Gasteiger partial charge in [-0.2, -0.15) is 0 Å². The fourth-order valence-corrected chi connectivity index (χ4v) is 2.35. The summed E-state index contributed by atoms with van der Waals surface area (Å²) in [5, 5.41) is 0. The lowest BCUT2D eigenvalue weighted by molar-refractivity contribution is -0.133. The summed E-state index contributed by atoms with van der Waals surface area (Å²) in [6.07, 6.45) is 2.05. The van der Waals surface area contributed by atoms with Crippen LogP contribution in [0.5, 0.6) is 0 Å². The molecule has 3 heteroatoms. The Labute approximate surface area is 109 Å². The van der Waals surface area contributed by atoms with Crippen molar-refractivity contribution in [3.05, 3.63) is 29.8 Å². The van der Waals surface area contributed by atoms with E-state index in [1.54, 1.807) is 0 Å². The first-order chi connectivity index (χ1) is 8.61. The molecule has 2 unspecified atom stereocenters. The topological polar surface area (TPSA) is 46.3 Å². The molecule has 1 aliphatic rings. The highest BCUT2D eigenvalue weighted by molar-refractivity contribution is 5.81. The van der Waals surface area contributed by atoms with Gasteiger partial charge in [0.2, 0.25) is 5.91 Å². The number of nitrogen functional groups attached to an aromatic ring is 1. The minimum absolute atomic E-state index is 0.262. The molecule has 1 aliphatic carbocycles. The molecule has 2 N–H and O–H groups in total. The van der Waals surface area contributed by atoms with Gasteiger partial charge >= 0.3 is 0 Å². The summed E-state index contributed by atoms with van der Waals surface area (Å²) in [4.78, 5) is 14.3. The Kier molecular flexibility index (Phi) is 3.90. The first-order valence-corrected chi connectivity index (χ1v) is 6.75. The van der Waals surface area contributed by atoms with Crippen LogP contribution in [-0.4, -0.2) is 17.4 Å². The normalized spacial score (nSPS) is 21.7. The quantitative estimate of drug-likeness (QED) is 0.812. The lowest BCUT2D eigenvalue weighted by Crippen LogP contribution is -2.32. The predicted octanol–water partition coefficient (Wildman–Crippen LogP) is 2.66. The molecule has 98 valence electrons. The molecule has 3 nitrogen and oxygen atoms in total. The molecule has 1 fully saturated rings. The maximum Gasteiger partial charge on any atom is 0.226 e. The van der Waals surface area contributed by atoms with E-state index < -0.39 is 0 Å². The Hall–Kier alpha value is -1.51. The molecule has 1 saturated carbocycles. The number of nitrogens with two attached hydrogens (primary N) is 1. The van der Waals surface area contributed by atoms with E-state index in [0.29, 0.717) is 18.4 Å². The molecule has 0 aromatic heterocycles. The van der Waals surface area contributed by atoms with Crippen LogP contribution >= 0.6 is 0 Å². The van der Waals surface area contributed by atoms with Crippen molar-refractivity contribution in [3.63, 3.8) is 0 Å². The first-order valence-electron chi connectivity index (χ1n) is 6.75. The lowest BCUT2D eigenvalue weighted by atomic mass is 10.1. The van der Waals surface area contributed by atoms with Crippen LogP contribution in [0.2, 0.25) is 0 Å². The van der Waals surface area contributed by atoms with Gasteiger partial charge in [-0.05, 0) is 36.5 Å².